The molecule has 228 valence electrons. The van der Waals surface area contributed by atoms with Gasteiger partial charge in [0.05, 0.1) is 17.5 Å². The van der Waals surface area contributed by atoms with Gasteiger partial charge in [0.15, 0.2) is 5.79 Å². The average molecular weight is 602 g/mol. The summed E-state index contributed by atoms with van der Waals surface area (Å²) in [6.45, 7) is 12.0. The summed E-state index contributed by atoms with van der Waals surface area (Å²) in [7, 11) is 0. The van der Waals surface area contributed by atoms with Crippen LogP contribution < -0.4 is 5.32 Å². The minimum absolute atomic E-state index is 0.0544. The lowest BCUT2D eigenvalue weighted by Crippen LogP contribution is -2.39. The van der Waals surface area contributed by atoms with Crippen molar-refractivity contribution in [3.05, 3.63) is 59.4 Å². The van der Waals surface area contributed by atoms with Crippen LogP contribution in [-0.2, 0) is 20.6 Å². The molecule has 2 aliphatic rings. The topological polar surface area (TPSA) is 90.7 Å². The molecular weight excluding hydrogens is 561 g/mol. The number of carbonyl (C=O) groups excluding carboxylic acids is 1. The van der Waals surface area contributed by atoms with E-state index < -0.39 is 11.4 Å². The zero-order chi connectivity index (χ0) is 30.1. The molecule has 11 heteroatoms. The zero-order valence-electron chi connectivity index (χ0n) is 25.0. The lowest BCUT2D eigenvalue weighted by molar-refractivity contribution is -0.160. The van der Waals surface area contributed by atoms with E-state index in [1.54, 1.807) is 17.0 Å². The van der Waals surface area contributed by atoms with Crippen LogP contribution in [0, 0.1) is 11.7 Å². The average Bonchev–Trinajstić information content (AvgIpc) is 3.57. The van der Waals surface area contributed by atoms with Crippen LogP contribution in [0.4, 0.5) is 9.18 Å². The van der Waals surface area contributed by atoms with E-state index in [2.05, 4.69) is 19.9 Å². The first-order chi connectivity index (χ1) is 19.9. The van der Waals surface area contributed by atoms with Gasteiger partial charge >= 0.3 is 6.09 Å². The Morgan fingerprint density at radius 3 is 2.64 bits per heavy atom. The van der Waals surface area contributed by atoms with E-state index >= 15 is 0 Å². The zero-order valence-corrected chi connectivity index (χ0v) is 25.7. The number of halogens is 2. The minimum atomic E-state index is -0.666. The standard InChI is InChI=1S/C31H41ClFN5O4/c1-30(2,3)42-29(39)37(15-11-20-7-9-22(33)10-8-20)14-6-13-34-18-21-17-24(26-25(21)40-31(4,5)41-26)38-16-12-23-27(32)35-19-36-28(23)38/h7-10,12,16,19,21,24-26,34H,6,11,13-15,17-18H2,1-5H3/t21-,24-,25-,26+/m1/s1. The van der Waals surface area contributed by atoms with Gasteiger partial charge in [-0.1, -0.05) is 23.7 Å². The fraction of sp³-hybridized carbons (Fsp3) is 0.581. The summed E-state index contributed by atoms with van der Waals surface area (Å²) in [5.41, 5.74) is 1.18. The molecule has 3 aromatic rings. The highest BCUT2D eigenvalue weighted by atomic mass is 35.5. The molecule has 0 spiro atoms. The van der Waals surface area contributed by atoms with Crippen molar-refractivity contribution in [3.8, 4) is 0 Å². The van der Waals surface area contributed by atoms with Crippen LogP contribution in [-0.4, -0.2) is 75.3 Å². The molecule has 2 fully saturated rings. The smallest absolute Gasteiger partial charge is 0.410 e. The Hall–Kier alpha value is -2.79. The number of benzene rings is 1. The largest absolute Gasteiger partial charge is 0.444 e. The van der Waals surface area contributed by atoms with Crippen molar-refractivity contribution in [1.29, 1.82) is 0 Å². The van der Waals surface area contributed by atoms with Gasteiger partial charge in [0.25, 0.3) is 0 Å². The number of ether oxygens (including phenoxy) is 3. The van der Waals surface area contributed by atoms with Gasteiger partial charge < -0.3 is 29.0 Å². The third kappa shape index (κ3) is 7.22. The van der Waals surface area contributed by atoms with Gasteiger partial charge in [-0.25, -0.2) is 19.2 Å². The van der Waals surface area contributed by atoms with E-state index in [1.807, 2.05) is 46.9 Å². The van der Waals surface area contributed by atoms with Crippen LogP contribution in [0.1, 0.15) is 59.1 Å². The molecular formula is C31H41ClFN5O4. The number of amides is 1. The summed E-state index contributed by atoms with van der Waals surface area (Å²) in [5.74, 6) is -0.704. The Morgan fingerprint density at radius 2 is 1.90 bits per heavy atom. The van der Waals surface area contributed by atoms with Crippen molar-refractivity contribution in [2.24, 2.45) is 5.92 Å². The fourth-order valence-electron chi connectivity index (χ4n) is 5.96. The number of carbonyl (C=O) groups is 1. The van der Waals surface area contributed by atoms with Gasteiger partial charge in [0, 0.05) is 31.7 Å². The Labute approximate surface area is 251 Å². The van der Waals surface area contributed by atoms with Gasteiger partial charge in [-0.3, -0.25) is 0 Å². The van der Waals surface area contributed by atoms with Gasteiger partial charge in [0.2, 0.25) is 0 Å². The summed E-state index contributed by atoms with van der Waals surface area (Å²) in [4.78, 5) is 23.3. The van der Waals surface area contributed by atoms with Gasteiger partial charge in [0.1, 0.15) is 34.6 Å². The number of rotatable bonds is 10. The normalized spacial score (nSPS) is 23.3. The molecule has 2 aromatic heterocycles. The predicted molar refractivity (Wildman–Crippen MR) is 159 cm³/mol. The van der Waals surface area contributed by atoms with Gasteiger partial charge in [-0.2, -0.15) is 0 Å². The molecule has 0 unspecified atom stereocenters. The first kappa shape index (κ1) is 30.7. The molecule has 5 rings (SSSR count). The van der Waals surface area contributed by atoms with E-state index in [9.17, 15) is 9.18 Å². The van der Waals surface area contributed by atoms with Gasteiger partial charge in [-0.15, -0.1) is 0 Å². The Kier molecular flexibility index (Phi) is 9.08. The number of nitrogens with one attached hydrogen (secondary N) is 1. The molecule has 9 nitrogen and oxygen atoms in total. The Morgan fingerprint density at radius 1 is 1.17 bits per heavy atom. The molecule has 1 aliphatic carbocycles. The van der Waals surface area contributed by atoms with Crippen molar-refractivity contribution in [3.63, 3.8) is 0 Å². The summed E-state index contributed by atoms with van der Waals surface area (Å²) in [6, 6.07) is 8.39. The molecule has 0 radical (unpaired) electrons. The second-order valence-electron chi connectivity index (χ2n) is 12.7. The van der Waals surface area contributed by atoms with Gasteiger partial charge in [-0.05, 0) is 84.2 Å². The van der Waals surface area contributed by atoms with Crippen molar-refractivity contribution in [2.75, 3.05) is 26.2 Å². The molecule has 1 saturated carbocycles. The van der Waals surface area contributed by atoms with Crippen molar-refractivity contribution in [1.82, 2.24) is 24.8 Å². The van der Waals surface area contributed by atoms with Crippen LogP contribution in [0.25, 0.3) is 11.0 Å². The van der Waals surface area contributed by atoms with Crippen molar-refractivity contribution < 1.29 is 23.4 Å². The predicted octanol–water partition coefficient (Wildman–Crippen LogP) is 5.76. The van der Waals surface area contributed by atoms with E-state index in [-0.39, 0.29) is 36.1 Å². The summed E-state index contributed by atoms with van der Waals surface area (Å²) in [5, 5.41) is 4.85. The maximum Gasteiger partial charge on any atom is 0.410 e. The number of aromatic nitrogens is 3. The Bertz CT molecular complexity index is 1380. The lowest BCUT2D eigenvalue weighted by atomic mass is 10.1. The third-order valence-corrected chi connectivity index (χ3v) is 8.09. The molecule has 1 amide bonds. The number of hydrogen-bond donors (Lipinski definition) is 1. The number of hydrogen-bond acceptors (Lipinski definition) is 7. The highest BCUT2D eigenvalue weighted by molar-refractivity contribution is 6.33. The van der Waals surface area contributed by atoms with E-state index in [1.165, 1.54) is 18.5 Å². The fourth-order valence-corrected chi connectivity index (χ4v) is 6.15. The molecule has 1 N–H and O–H groups in total. The molecule has 1 saturated heterocycles. The lowest BCUT2D eigenvalue weighted by Gasteiger charge is -2.28. The monoisotopic (exact) mass is 601 g/mol. The van der Waals surface area contributed by atoms with Crippen molar-refractivity contribution >= 4 is 28.7 Å². The summed E-state index contributed by atoms with van der Waals surface area (Å²) in [6.07, 6.45) is 5.24. The highest BCUT2D eigenvalue weighted by Gasteiger charge is 2.54. The van der Waals surface area contributed by atoms with Crippen LogP contribution in [0.2, 0.25) is 5.15 Å². The van der Waals surface area contributed by atoms with Crippen LogP contribution in [0.5, 0.6) is 0 Å². The van der Waals surface area contributed by atoms with Crippen molar-refractivity contribution in [2.45, 2.75) is 83.5 Å². The SMILES string of the molecule is CC(C)(C)OC(=O)N(CCCNC[C@H]1C[C@@H](n2ccc3c(Cl)ncnc32)[C@@H]2OC(C)(C)O[C@H]12)CCc1ccc(F)cc1. The van der Waals surface area contributed by atoms with Crippen LogP contribution in [0.3, 0.4) is 0 Å². The second kappa shape index (κ2) is 12.4. The molecule has 42 heavy (non-hydrogen) atoms. The quantitative estimate of drug-likeness (QED) is 0.233. The second-order valence-corrected chi connectivity index (χ2v) is 13.0. The maximum absolute atomic E-state index is 13.3. The maximum atomic E-state index is 13.3. The van der Waals surface area contributed by atoms with E-state index in [0.29, 0.717) is 24.7 Å². The summed E-state index contributed by atoms with van der Waals surface area (Å²) >= 11 is 6.31. The highest BCUT2D eigenvalue weighted by Crippen LogP contribution is 2.47. The van der Waals surface area contributed by atoms with E-state index in [0.717, 1.165) is 42.5 Å². The number of fused-ring (bicyclic) bond motifs is 2. The minimum Gasteiger partial charge on any atom is -0.444 e. The molecule has 0 bridgehead atoms. The third-order valence-electron chi connectivity index (χ3n) is 7.79. The first-order valence-corrected chi connectivity index (χ1v) is 15.0. The molecule has 1 aromatic carbocycles. The molecule has 1 aliphatic heterocycles. The Balaban J connectivity index is 1.17. The first-order valence-electron chi connectivity index (χ1n) is 14.7. The summed E-state index contributed by atoms with van der Waals surface area (Å²) < 4.78 is 33.9. The van der Waals surface area contributed by atoms with Crippen LogP contribution >= 0.6 is 11.6 Å². The van der Waals surface area contributed by atoms with Crippen LogP contribution in [0.15, 0.2) is 42.9 Å². The van der Waals surface area contributed by atoms with E-state index in [4.69, 9.17) is 25.8 Å². The molecule has 4 atom stereocenters. The molecule has 3 heterocycles. The number of nitrogens with zero attached hydrogens (tertiary/aromatic N) is 4.